The molecule has 0 aliphatic carbocycles. The van der Waals surface area contributed by atoms with Crippen molar-refractivity contribution in [2.45, 2.75) is 6.54 Å². The minimum atomic E-state index is 0.640. The van der Waals surface area contributed by atoms with E-state index < -0.39 is 0 Å². The molecule has 0 aliphatic rings. The van der Waals surface area contributed by atoms with E-state index in [-0.39, 0.29) is 0 Å². The van der Waals surface area contributed by atoms with Gasteiger partial charge < -0.3 is 10.1 Å². The van der Waals surface area contributed by atoms with Crippen LogP contribution in [-0.2, 0) is 6.54 Å². The highest BCUT2D eigenvalue weighted by Crippen LogP contribution is 2.26. The molecule has 0 unspecified atom stereocenters. The van der Waals surface area contributed by atoms with Crippen LogP contribution < -0.4 is 10.1 Å². The number of methoxy groups -OCH3 is 1. The third kappa shape index (κ3) is 3.91. The Morgan fingerprint density at radius 3 is 2.47 bits per heavy atom. The van der Waals surface area contributed by atoms with E-state index in [0.29, 0.717) is 11.6 Å². The fourth-order valence-electron chi connectivity index (χ4n) is 1.71. The van der Waals surface area contributed by atoms with Crippen LogP contribution >= 0.6 is 45.8 Å². The van der Waals surface area contributed by atoms with Crippen LogP contribution in [0.25, 0.3) is 0 Å². The van der Waals surface area contributed by atoms with E-state index in [1.54, 1.807) is 7.11 Å². The van der Waals surface area contributed by atoms with Crippen LogP contribution in [-0.4, -0.2) is 7.11 Å². The highest BCUT2D eigenvalue weighted by Gasteiger charge is 2.05. The molecule has 0 radical (unpaired) electrons. The molecule has 0 amide bonds. The number of nitrogens with one attached hydrogen (secondary N) is 1. The third-order valence-electron chi connectivity index (χ3n) is 2.64. The van der Waals surface area contributed by atoms with Gasteiger partial charge in [0.25, 0.3) is 0 Å². The number of hydrogen-bond acceptors (Lipinski definition) is 2. The Labute approximate surface area is 136 Å². The summed E-state index contributed by atoms with van der Waals surface area (Å²) in [7, 11) is 1.65. The predicted molar refractivity (Wildman–Crippen MR) is 89.5 cm³/mol. The summed E-state index contributed by atoms with van der Waals surface area (Å²) < 4.78 is 6.39. The van der Waals surface area contributed by atoms with Crippen LogP contribution in [0, 0.1) is 3.57 Å². The maximum absolute atomic E-state index is 6.01. The molecule has 0 aliphatic heterocycles. The van der Waals surface area contributed by atoms with Crippen molar-refractivity contribution in [3.05, 3.63) is 55.6 Å². The van der Waals surface area contributed by atoms with Crippen molar-refractivity contribution in [2.24, 2.45) is 0 Å². The molecular formula is C14H12Cl2INO. The van der Waals surface area contributed by atoms with Crippen LogP contribution in [0.3, 0.4) is 0 Å². The molecule has 2 aromatic rings. The second kappa shape index (κ2) is 6.68. The van der Waals surface area contributed by atoms with Gasteiger partial charge in [0.1, 0.15) is 5.75 Å². The summed E-state index contributed by atoms with van der Waals surface area (Å²) in [5, 5.41) is 4.78. The fourth-order valence-corrected chi connectivity index (χ4v) is 2.97. The van der Waals surface area contributed by atoms with Gasteiger partial charge in [-0.1, -0.05) is 23.2 Å². The van der Waals surface area contributed by atoms with Crippen molar-refractivity contribution >= 4 is 51.5 Å². The molecule has 0 atom stereocenters. The van der Waals surface area contributed by atoms with Gasteiger partial charge in [-0.2, -0.15) is 0 Å². The Hall–Kier alpha value is -0.650. The number of rotatable bonds is 4. The Morgan fingerprint density at radius 2 is 1.79 bits per heavy atom. The number of hydrogen-bond donors (Lipinski definition) is 1. The molecular weight excluding hydrogens is 396 g/mol. The summed E-state index contributed by atoms with van der Waals surface area (Å²) in [6.45, 7) is 0.640. The molecule has 19 heavy (non-hydrogen) atoms. The van der Waals surface area contributed by atoms with Crippen molar-refractivity contribution in [3.8, 4) is 5.75 Å². The van der Waals surface area contributed by atoms with Crippen molar-refractivity contribution in [1.29, 1.82) is 0 Å². The van der Waals surface area contributed by atoms with Gasteiger partial charge in [0.2, 0.25) is 0 Å². The van der Waals surface area contributed by atoms with E-state index >= 15 is 0 Å². The van der Waals surface area contributed by atoms with Crippen molar-refractivity contribution in [3.63, 3.8) is 0 Å². The topological polar surface area (TPSA) is 21.3 Å². The first-order valence-electron chi connectivity index (χ1n) is 5.61. The maximum Gasteiger partial charge on any atom is 0.123 e. The molecule has 0 spiro atoms. The number of ether oxygens (including phenoxy) is 1. The molecule has 1 N–H and O–H groups in total. The van der Waals surface area contributed by atoms with Gasteiger partial charge >= 0.3 is 0 Å². The summed E-state index contributed by atoms with van der Waals surface area (Å²) in [6.07, 6.45) is 0. The van der Waals surface area contributed by atoms with E-state index in [0.717, 1.165) is 25.6 Å². The first-order valence-corrected chi connectivity index (χ1v) is 7.45. The molecule has 2 rings (SSSR count). The number of halogens is 3. The SMILES string of the molecule is COc1ccc(Cl)cc1CNc1ccc(Cl)cc1I. The first-order chi connectivity index (χ1) is 9.10. The monoisotopic (exact) mass is 407 g/mol. The lowest BCUT2D eigenvalue weighted by atomic mass is 10.2. The average Bonchev–Trinajstić information content (AvgIpc) is 2.38. The first kappa shape index (κ1) is 14.8. The Bertz CT molecular complexity index is 590. The lowest BCUT2D eigenvalue weighted by Crippen LogP contribution is -2.03. The summed E-state index contributed by atoms with van der Waals surface area (Å²) in [5.74, 6) is 0.820. The second-order valence-electron chi connectivity index (χ2n) is 3.93. The minimum absolute atomic E-state index is 0.640. The Morgan fingerprint density at radius 1 is 1.11 bits per heavy atom. The molecule has 0 saturated carbocycles. The zero-order chi connectivity index (χ0) is 13.8. The van der Waals surface area contributed by atoms with Crippen LogP contribution in [0.4, 0.5) is 5.69 Å². The van der Waals surface area contributed by atoms with E-state index in [4.69, 9.17) is 27.9 Å². The quantitative estimate of drug-likeness (QED) is 0.701. The zero-order valence-corrected chi connectivity index (χ0v) is 13.9. The van der Waals surface area contributed by atoms with Gasteiger partial charge in [-0.3, -0.25) is 0 Å². The van der Waals surface area contributed by atoms with Crippen LogP contribution in [0.2, 0.25) is 10.0 Å². The van der Waals surface area contributed by atoms with Gasteiger partial charge in [0.05, 0.1) is 7.11 Å². The fraction of sp³-hybridized carbons (Fsp3) is 0.143. The summed E-state index contributed by atoms with van der Waals surface area (Å²) >= 11 is 14.2. The van der Waals surface area contributed by atoms with Gasteiger partial charge in [-0.15, -0.1) is 0 Å². The lowest BCUT2D eigenvalue weighted by Gasteiger charge is -2.12. The molecule has 0 heterocycles. The molecule has 0 bridgehead atoms. The Balaban J connectivity index is 2.16. The molecule has 2 aromatic carbocycles. The number of benzene rings is 2. The average molecular weight is 408 g/mol. The van der Waals surface area contributed by atoms with E-state index in [9.17, 15) is 0 Å². The minimum Gasteiger partial charge on any atom is -0.496 e. The largest absolute Gasteiger partial charge is 0.496 e. The maximum atomic E-state index is 6.01. The molecule has 100 valence electrons. The highest BCUT2D eigenvalue weighted by molar-refractivity contribution is 14.1. The van der Waals surface area contributed by atoms with Crippen LogP contribution in [0.15, 0.2) is 36.4 Å². The lowest BCUT2D eigenvalue weighted by molar-refractivity contribution is 0.410. The van der Waals surface area contributed by atoms with Crippen molar-refractivity contribution in [1.82, 2.24) is 0 Å². The molecule has 0 aromatic heterocycles. The number of anilines is 1. The van der Waals surface area contributed by atoms with Crippen LogP contribution in [0.1, 0.15) is 5.56 Å². The standard InChI is InChI=1S/C14H12Cl2INO/c1-19-14-5-3-10(15)6-9(14)8-18-13-4-2-11(16)7-12(13)17/h2-7,18H,8H2,1H3. The van der Waals surface area contributed by atoms with Crippen molar-refractivity contribution in [2.75, 3.05) is 12.4 Å². The van der Waals surface area contributed by atoms with E-state index in [1.807, 2.05) is 36.4 Å². The molecule has 2 nitrogen and oxygen atoms in total. The molecule has 0 fully saturated rings. The zero-order valence-electron chi connectivity index (χ0n) is 10.2. The third-order valence-corrected chi connectivity index (χ3v) is 4.01. The Kier molecular flexibility index (Phi) is 5.19. The van der Waals surface area contributed by atoms with Gasteiger partial charge in [-0.05, 0) is 59.0 Å². The predicted octanol–water partition coefficient (Wildman–Crippen LogP) is 5.22. The normalized spacial score (nSPS) is 10.3. The van der Waals surface area contributed by atoms with Crippen molar-refractivity contribution < 1.29 is 4.74 Å². The van der Waals surface area contributed by atoms with Gasteiger partial charge in [0, 0.05) is 31.4 Å². The van der Waals surface area contributed by atoms with Gasteiger partial charge in [-0.25, -0.2) is 0 Å². The van der Waals surface area contributed by atoms with Gasteiger partial charge in [0.15, 0.2) is 0 Å². The summed E-state index contributed by atoms with van der Waals surface area (Å²) in [4.78, 5) is 0. The van der Waals surface area contributed by atoms with Crippen LogP contribution in [0.5, 0.6) is 5.75 Å². The second-order valence-corrected chi connectivity index (χ2v) is 5.97. The summed E-state index contributed by atoms with van der Waals surface area (Å²) in [6, 6.07) is 11.3. The highest BCUT2D eigenvalue weighted by atomic mass is 127. The molecule has 0 saturated heterocycles. The smallest absolute Gasteiger partial charge is 0.123 e. The summed E-state index contributed by atoms with van der Waals surface area (Å²) in [5.41, 5.74) is 2.05. The van der Waals surface area contributed by atoms with E-state index in [1.165, 1.54) is 0 Å². The van der Waals surface area contributed by atoms with E-state index in [2.05, 4.69) is 27.9 Å². The molecule has 5 heteroatoms.